The van der Waals surface area contributed by atoms with Crippen LogP contribution in [0.2, 0.25) is 0 Å². The van der Waals surface area contributed by atoms with Gasteiger partial charge in [0.15, 0.2) is 6.29 Å². The standard InChI is InChI=1S/C13H9FO2/c14-12-4-2-1-3-11(12)9-5-6-13(16)10(7-9)8-15/h1-8,16H. The van der Waals surface area contributed by atoms with Crippen LogP contribution < -0.4 is 0 Å². The molecule has 0 radical (unpaired) electrons. The van der Waals surface area contributed by atoms with Gasteiger partial charge in [-0.05, 0) is 23.8 Å². The molecule has 16 heavy (non-hydrogen) atoms. The van der Waals surface area contributed by atoms with Crippen molar-refractivity contribution in [2.24, 2.45) is 0 Å². The van der Waals surface area contributed by atoms with E-state index in [-0.39, 0.29) is 17.1 Å². The lowest BCUT2D eigenvalue weighted by atomic mass is 10.0. The van der Waals surface area contributed by atoms with Gasteiger partial charge in [0.1, 0.15) is 11.6 Å². The molecule has 0 fully saturated rings. The van der Waals surface area contributed by atoms with E-state index in [1.165, 1.54) is 18.2 Å². The monoisotopic (exact) mass is 216 g/mol. The molecule has 2 rings (SSSR count). The molecule has 0 aliphatic carbocycles. The second-order valence-corrected chi connectivity index (χ2v) is 3.37. The second kappa shape index (κ2) is 4.14. The Balaban J connectivity index is 2.57. The first-order valence-corrected chi connectivity index (χ1v) is 4.75. The van der Waals surface area contributed by atoms with Crippen LogP contribution in [-0.4, -0.2) is 11.4 Å². The van der Waals surface area contributed by atoms with Gasteiger partial charge in [0.05, 0.1) is 5.56 Å². The largest absolute Gasteiger partial charge is 0.507 e. The number of carbonyl (C=O) groups excluding carboxylic acids is 1. The lowest BCUT2D eigenvalue weighted by Crippen LogP contribution is -1.87. The highest BCUT2D eigenvalue weighted by Crippen LogP contribution is 2.26. The summed E-state index contributed by atoms with van der Waals surface area (Å²) in [7, 11) is 0. The first kappa shape index (κ1) is 10.4. The molecule has 0 bridgehead atoms. The lowest BCUT2D eigenvalue weighted by Gasteiger charge is -2.04. The summed E-state index contributed by atoms with van der Waals surface area (Å²) in [4.78, 5) is 10.6. The molecule has 0 saturated heterocycles. The molecule has 2 nitrogen and oxygen atoms in total. The molecule has 0 unspecified atom stereocenters. The topological polar surface area (TPSA) is 37.3 Å². The van der Waals surface area contributed by atoms with Crippen molar-refractivity contribution in [1.29, 1.82) is 0 Å². The fourth-order valence-electron chi connectivity index (χ4n) is 1.51. The maximum absolute atomic E-state index is 13.5. The normalized spacial score (nSPS) is 10.1. The van der Waals surface area contributed by atoms with Crippen LogP contribution in [0.5, 0.6) is 5.75 Å². The number of aldehydes is 1. The van der Waals surface area contributed by atoms with E-state index in [4.69, 9.17) is 0 Å². The average Bonchev–Trinajstić information content (AvgIpc) is 2.31. The molecule has 0 spiro atoms. The minimum Gasteiger partial charge on any atom is -0.507 e. The van der Waals surface area contributed by atoms with Gasteiger partial charge in [-0.25, -0.2) is 4.39 Å². The first-order valence-electron chi connectivity index (χ1n) is 4.75. The molecule has 0 aromatic heterocycles. The van der Waals surface area contributed by atoms with E-state index in [9.17, 15) is 14.3 Å². The van der Waals surface area contributed by atoms with Crippen LogP contribution in [0.1, 0.15) is 10.4 Å². The zero-order valence-electron chi connectivity index (χ0n) is 8.35. The number of carbonyl (C=O) groups is 1. The molecular formula is C13H9FO2. The van der Waals surface area contributed by atoms with Gasteiger partial charge in [0.25, 0.3) is 0 Å². The molecule has 80 valence electrons. The molecule has 2 aromatic carbocycles. The SMILES string of the molecule is O=Cc1cc(-c2ccccc2F)ccc1O. The molecule has 0 aliphatic heterocycles. The maximum Gasteiger partial charge on any atom is 0.153 e. The summed E-state index contributed by atoms with van der Waals surface area (Å²) in [6, 6.07) is 10.7. The Hall–Kier alpha value is -2.16. The number of rotatable bonds is 2. The summed E-state index contributed by atoms with van der Waals surface area (Å²) in [6.07, 6.45) is 0.541. The third-order valence-electron chi connectivity index (χ3n) is 2.34. The molecule has 0 heterocycles. The Morgan fingerprint density at radius 1 is 1.12 bits per heavy atom. The summed E-state index contributed by atoms with van der Waals surface area (Å²) >= 11 is 0. The van der Waals surface area contributed by atoms with Gasteiger partial charge < -0.3 is 5.11 Å². The summed E-state index contributed by atoms with van der Waals surface area (Å²) in [6.45, 7) is 0. The van der Waals surface area contributed by atoms with Gasteiger partial charge in [0, 0.05) is 5.56 Å². The number of hydrogen-bond acceptors (Lipinski definition) is 2. The van der Waals surface area contributed by atoms with Crippen LogP contribution in [0.25, 0.3) is 11.1 Å². The number of halogens is 1. The highest BCUT2D eigenvalue weighted by Gasteiger charge is 2.06. The van der Waals surface area contributed by atoms with Crippen molar-refractivity contribution < 1.29 is 14.3 Å². The van der Waals surface area contributed by atoms with Crippen LogP contribution in [0, 0.1) is 5.82 Å². The van der Waals surface area contributed by atoms with Crippen molar-refractivity contribution in [2.45, 2.75) is 0 Å². The van der Waals surface area contributed by atoms with Gasteiger partial charge in [-0.1, -0.05) is 24.3 Å². The van der Waals surface area contributed by atoms with E-state index in [1.54, 1.807) is 24.3 Å². The van der Waals surface area contributed by atoms with E-state index in [1.807, 2.05) is 0 Å². The molecule has 0 aliphatic rings. The summed E-state index contributed by atoms with van der Waals surface area (Å²) in [5.41, 5.74) is 1.13. The predicted octanol–water partition coefficient (Wildman–Crippen LogP) is 3.01. The highest BCUT2D eigenvalue weighted by molar-refractivity contribution is 5.82. The molecule has 1 N–H and O–H groups in total. The lowest BCUT2D eigenvalue weighted by molar-refractivity contribution is 0.112. The maximum atomic E-state index is 13.5. The molecule has 0 amide bonds. The first-order chi connectivity index (χ1) is 7.72. The van der Waals surface area contributed by atoms with Gasteiger partial charge in [-0.3, -0.25) is 4.79 Å². The van der Waals surface area contributed by atoms with Crippen molar-refractivity contribution in [3.05, 3.63) is 53.8 Å². The van der Waals surface area contributed by atoms with E-state index in [0.29, 0.717) is 17.4 Å². The van der Waals surface area contributed by atoms with E-state index in [2.05, 4.69) is 0 Å². The predicted molar refractivity (Wildman–Crippen MR) is 58.9 cm³/mol. The van der Waals surface area contributed by atoms with Crippen LogP contribution in [0.3, 0.4) is 0 Å². The zero-order valence-corrected chi connectivity index (χ0v) is 8.35. The van der Waals surface area contributed by atoms with Crippen LogP contribution >= 0.6 is 0 Å². The van der Waals surface area contributed by atoms with Crippen molar-refractivity contribution >= 4 is 6.29 Å². The van der Waals surface area contributed by atoms with Crippen molar-refractivity contribution in [2.75, 3.05) is 0 Å². The van der Waals surface area contributed by atoms with E-state index in [0.717, 1.165) is 0 Å². The van der Waals surface area contributed by atoms with Gasteiger partial charge in [0.2, 0.25) is 0 Å². The third kappa shape index (κ3) is 1.80. The van der Waals surface area contributed by atoms with E-state index < -0.39 is 0 Å². The highest BCUT2D eigenvalue weighted by atomic mass is 19.1. The minimum atomic E-state index is -0.356. The van der Waals surface area contributed by atoms with Crippen molar-refractivity contribution in [3.8, 4) is 16.9 Å². The number of phenols is 1. The van der Waals surface area contributed by atoms with Gasteiger partial charge in [-0.15, -0.1) is 0 Å². The molecular weight excluding hydrogens is 207 g/mol. The summed E-state index contributed by atoms with van der Waals surface area (Å²) in [5, 5.41) is 9.33. The fourth-order valence-corrected chi connectivity index (χ4v) is 1.51. The summed E-state index contributed by atoms with van der Waals surface area (Å²) < 4.78 is 13.5. The Bertz CT molecular complexity index is 535. The summed E-state index contributed by atoms with van der Waals surface area (Å²) in [5.74, 6) is -0.458. The molecule has 0 atom stereocenters. The smallest absolute Gasteiger partial charge is 0.153 e. The Kier molecular flexibility index (Phi) is 2.68. The zero-order chi connectivity index (χ0) is 11.5. The van der Waals surface area contributed by atoms with Crippen molar-refractivity contribution in [3.63, 3.8) is 0 Å². The third-order valence-corrected chi connectivity index (χ3v) is 2.34. The Morgan fingerprint density at radius 3 is 2.56 bits per heavy atom. The van der Waals surface area contributed by atoms with Crippen molar-refractivity contribution in [1.82, 2.24) is 0 Å². The minimum absolute atomic E-state index is 0.102. The molecule has 3 heteroatoms. The number of hydrogen-bond donors (Lipinski definition) is 1. The number of phenolic OH excluding ortho intramolecular Hbond substituents is 1. The van der Waals surface area contributed by atoms with Crippen LogP contribution in [0.15, 0.2) is 42.5 Å². The molecule has 0 saturated carbocycles. The number of aromatic hydroxyl groups is 1. The fraction of sp³-hybridized carbons (Fsp3) is 0. The van der Waals surface area contributed by atoms with Gasteiger partial charge >= 0.3 is 0 Å². The Morgan fingerprint density at radius 2 is 1.88 bits per heavy atom. The van der Waals surface area contributed by atoms with E-state index >= 15 is 0 Å². The molecule has 2 aromatic rings. The quantitative estimate of drug-likeness (QED) is 0.783. The number of benzene rings is 2. The van der Waals surface area contributed by atoms with Crippen LogP contribution in [-0.2, 0) is 0 Å². The average molecular weight is 216 g/mol. The van der Waals surface area contributed by atoms with Gasteiger partial charge in [-0.2, -0.15) is 0 Å². The Labute approximate surface area is 92.0 Å². The van der Waals surface area contributed by atoms with Crippen LogP contribution in [0.4, 0.5) is 4.39 Å². The second-order valence-electron chi connectivity index (χ2n) is 3.37.